The monoisotopic (exact) mass is 285 g/mol. The maximum absolute atomic E-state index is 6.03. The second-order valence-electron chi connectivity index (χ2n) is 5.17. The minimum atomic E-state index is -0.179. The van der Waals surface area contributed by atoms with Crippen LogP contribution < -0.4 is 5.73 Å². The number of aromatic amines is 1. The van der Waals surface area contributed by atoms with Crippen LogP contribution in [0.25, 0.3) is 11.0 Å². The molecule has 110 valence electrons. The second-order valence-corrected chi connectivity index (χ2v) is 5.17. The minimum Gasteiger partial charge on any atom is -0.342 e. The van der Waals surface area contributed by atoms with E-state index in [-0.39, 0.29) is 6.04 Å². The maximum Gasteiger partial charge on any atom is 0.243 e. The molecule has 0 amide bonds. The van der Waals surface area contributed by atoms with Crippen molar-refractivity contribution in [3.63, 3.8) is 0 Å². The van der Waals surface area contributed by atoms with E-state index in [1.165, 1.54) is 0 Å². The van der Waals surface area contributed by atoms with Gasteiger partial charge in [0.05, 0.1) is 23.5 Å². The summed E-state index contributed by atoms with van der Waals surface area (Å²) in [5.74, 6) is 1.94. The first kappa shape index (κ1) is 13.8. The summed E-state index contributed by atoms with van der Waals surface area (Å²) in [7, 11) is 0. The predicted octanol–water partition coefficient (Wildman–Crippen LogP) is 2.73. The fourth-order valence-electron chi connectivity index (χ4n) is 2.28. The van der Waals surface area contributed by atoms with E-state index in [9.17, 15) is 0 Å². The number of aromatic nitrogens is 4. The SMILES string of the molecule is CCCCC(N)c1nc(Cc2nc3ccccc3[nH]2)no1. The minimum absolute atomic E-state index is 0.179. The van der Waals surface area contributed by atoms with Crippen molar-refractivity contribution < 1.29 is 4.52 Å². The molecule has 0 bridgehead atoms. The van der Waals surface area contributed by atoms with Crippen molar-refractivity contribution in [1.82, 2.24) is 20.1 Å². The summed E-state index contributed by atoms with van der Waals surface area (Å²) in [6.45, 7) is 2.13. The van der Waals surface area contributed by atoms with Crippen molar-refractivity contribution in [3.05, 3.63) is 41.8 Å². The zero-order valence-electron chi connectivity index (χ0n) is 12.0. The summed E-state index contributed by atoms with van der Waals surface area (Å²) in [6, 6.07) is 7.73. The van der Waals surface area contributed by atoms with Gasteiger partial charge in [-0.05, 0) is 18.6 Å². The second kappa shape index (κ2) is 6.05. The van der Waals surface area contributed by atoms with Crippen LogP contribution in [0.1, 0.15) is 49.8 Å². The van der Waals surface area contributed by atoms with Crippen molar-refractivity contribution in [2.45, 2.75) is 38.6 Å². The van der Waals surface area contributed by atoms with Crippen molar-refractivity contribution in [1.29, 1.82) is 0 Å². The van der Waals surface area contributed by atoms with Crippen molar-refractivity contribution in [2.75, 3.05) is 0 Å². The highest BCUT2D eigenvalue weighted by Crippen LogP contribution is 2.16. The van der Waals surface area contributed by atoms with Crippen LogP contribution in [0.2, 0.25) is 0 Å². The number of rotatable bonds is 6. The van der Waals surface area contributed by atoms with Crippen molar-refractivity contribution >= 4 is 11.0 Å². The summed E-state index contributed by atoms with van der Waals surface area (Å²) in [4.78, 5) is 12.1. The summed E-state index contributed by atoms with van der Waals surface area (Å²) in [5.41, 5.74) is 7.98. The number of hydrogen-bond donors (Lipinski definition) is 2. The number of hydrogen-bond acceptors (Lipinski definition) is 5. The zero-order valence-corrected chi connectivity index (χ0v) is 12.0. The topological polar surface area (TPSA) is 93.6 Å². The number of nitrogens with two attached hydrogens (primary N) is 1. The molecule has 1 aromatic carbocycles. The molecule has 3 N–H and O–H groups in total. The molecule has 6 nitrogen and oxygen atoms in total. The molecule has 3 aromatic rings. The number of para-hydroxylation sites is 2. The van der Waals surface area contributed by atoms with Crippen LogP contribution >= 0.6 is 0 Å². The van der Waals surface area contributed by atoms with Crippen molar-refractivity contribution in [3.8, 4) is 0 Å². The van der Waals surface area contributed by atoms with Crippen LogP contribution in [0.3, 0.4) is 0 Å². The Labute approximate surface area is 122 Å². The lowest BCUT2D eigenvalue weighted by Crippen LogP contribution is -2.10. The van der Waals surface area contributed by atoms with Gasteiger partial charge in [-0.25, -0.2) is 4.98 Å². The van der Waals surface area contributed by atoms with Crippen LogP contribution in [-0.4, -0.2) is 20.1 Å². The summed E-state index contributed by atoms with van der Waals surface area (Å²) in [6.07, 6.45) is 3.54. The van der Waals surface area contributed by atoms with Gasteiger partial charge >= 0.3 is 0 Å². The molecule has 21 heavy (non-hydrogen) atoms. The Kier molecular flexibility index (Phi) is 3.96. The van der Waals surface area contributed by atoms with E-state index in [1.54, 1.807) is 0 Å². The summed E-state index contributed by atoms with van der Waals surface area (Å²) in [5, 5.41) is 3.98. The van der Waals surface area contributed by atoms with Crippen LogP contribution in [0.5, 0.6) is 0 Å². The third-order valence-electron chi connectivity index (χ3n) is 3.43. The van der Waals surface area contributed by atoms with Gasteiger partial charge in [0.2, 0.25) is 5.89 Å². The molecule has 0 fully saturated rings. The van der Waals surface area contributed by atoms with Gasteiger partial charge in [0.25, 0.3) is 0 Å². The molecule has 0 saturated heterocycles. The lowest BCUT2D eigenvalue weighted by atomic mass is 10.1. The third-order valence-corrected chi connectivity index (χ3v) is 3.43. The highest BCUT2D eigenvalue weighted by atomic mass is 16.5. The molecular weight excluding hydrogens is 266 g/mol. The molecule has 6 heteroatoms. The van der Waals surface area contributed by atoms with E-state index in [0.29, 0.717) is 18.1 Å². The molecular formula is C15H19N5O. The average Bonchev–Trinajstić information content (AvgIpc) is 3.11. The van der Waals surface area contributed by atoms with Crippen LogP contribution in [0.4, 0.5) is 0 Å². The predicted molar refractivity (Wildman–Crippen MR) is 79.7 cm³/mol. The number of imidazole rings is 1. The molecule has 1 unspecified atom stereocenters. The van der Waals surface area contributed by atoms with Gasteiger partial charge in [-0.3, -0.25) is 0 Å². The van der Waals surface area contributed by atoms with E-state index in [2.05, 4.69) is 27.0 Å². The van der Waals surface area contributed by atoms with E-state index >= 15 is 0 Å². The Morgan fingerprint density at radius 2 is 2.14 bits per heavy atom. The molecule has 0 aliphatic carbocycles. The van der Waals surface area contributed by atoms with E-state index in [0.717, 1.165) is 36.1 Å². The number of nitrogens with one attached hydrogen (secondary N) is 1. The van der Waals surface area contributed by atoms with Gasteiger partial charge in [0, 0.05) is 0 Å². The standard InChI is InChI=1S/C15H19N5O/c1-2-3-6-10(16)15-19-14(20-21-15)9-13-17-11-7-4-5-8-12(11)18-13/h4-5,7-8,10H,2-3,6,9,16H2,1H3,(H,17,18). The highest BCUT2D eigenvalue weighted by Gasteiger charge is 2.15. The number of benzene rings is 1. The Hall–Kier alpha value is -2.21. The molecule has 0 aliphatic heterocycles. The fraction of sp³-hybridized carbons (Fsp3) is 0.400. The Morgan fingerprint density at radius 3 is 2.95 bits per heavy atom. The first-order chi connectivity index (χ1) is 10.3. The van der Waals surface area contributed by atoms with Gasteiger partial charge in [-0.15, -0.1) is 0 Å². The quantitative estimate of drug-likeness (QED) is 0.726. The normalized spacial score (nSPS) is 12.9. The maximum atomic E-state index is 6.03. The Bertz CT molecular complexity index is 685. The number of nitrogens with zero attached hydrogens (tertiary/aromatic N) is 3. The highest BCUT2D eigenvalue weighted by molar-refractivity contribution is 5.74. The zero-order chi connectivity index (χ0) is 14.7. The molecule has 2 heterocycles. The van der Waals surface area contributed by atoms with Crippen molar-refractivity contribution in [2.24, 2.45) is 5.73 Å². The number of fused-ring (bicyclic) bond motifs is 1. The fourth-order valence-corrected chi connectivity index (χ4v) is 2.28. The molecule has 2 aromatic heterocycles. The van der Waals surface area contributed by atoms with Crippen LogP contribution in [0, 0.1) is 0 Å². The first-order valence-corrected chi connectivity index (χ1v) is 7.28. The van der Waals surface area contributed by atoms with Gasteiger partial charge in [-0.2, -0.15) is 4.98 Å². The van der Waals surface area contributed by atoms with E-state index < -0.39 is 0 Å². The average molecular weight is 285 g/mol. The van der Waals surface area contributed by atoms with Gasteiger partial charge in [-0.1, -0.05) is 37.1 Å². The lowest BCUT2D eigenvalue weighted by molar-refractivity contribution is 0.343. The molecule has 0 spiro atoms. The smallest absolute Gasteiger partial charge is 0.243 e. The largest absolute Gasteiger partial charge is 0.342 e. The first-order valence-electron chi connectivity index (χ1n) is 7.28. The molecule has 3 rings (SSSR count). The van der Waals surface area contributed by atoms with Gasteiger partial charge in [0.15, 0.2) is 5.82 Å². The van der Waals surface area contributed by atoms with E-state index in [4.69, 9.17) is 10.3 Å². The summed E-state index contributed by atoms with van der Waals surface area (Å²) < 4.78 is 5.24. The Morgan fingerprint density at radius 1 is 1.29 bits per heavy atom. The van der Waals surface area contributed by atoms with Gasteiger partial charge in [0.1, 0.15) is 5.82 Å². The molecule has 0 radical (unpaired) electrons. The van der Waals surface area contributed by atoms with Crippen LogP contribution in [0.15, 0.2) is 28.8 Å². The van der Waals surface area contributed by atoms with Gasteiger partial charge < -0.3 is 15.2 Å². The molecule has 1 atom stereocenters. The van der Waals surface area contributed by atoms with E-state index in [1.807, 2.05) is 24.3 Å². The lowest BCUT2D eigenvalue weighted by Gasteiger charge is -2.03. The number of unbranched alkanes of at least 4 members (excludes halogenated alkanes) is 1. The number of H-pyrrole nitrogens is 1. The Balaban J connectivity index is 1.71. The third kappa shape index (κ3) is 3.11. The summed E-state index contributed by atoms with van der Waals surface area (Å²) >= 11 is 0. The van der Waals surface area contributed by atoms with Crippen LogP contribution in [-0.2, 0) is 6.42 Å². The molecule has 0 saturated carbocycles. The molecule has 0 aliphatic rings.